The summed E-state index contributed by atoms with van der Waals surface area (Å²) in [5.41, 5.74) is 0.629. The van der Waals surface area contributed by atoms with Crippen LogP contribution < -0.4 is 9.47 Å². The number of Topliss-reactive ketones (excluding diaryl/α,β-unsaturated/α-hetero) is 1. The van der Waals surface area contributed by atoms with Gasteiger partial charge in [0.15, 0.2) is 6.61 Å². The first-order valence-electron chi connectivity index (χ1n) is 6.48. The van der Waals surface area contributed by atoms with E-state index in [-0.39, 0.29) is 12.4 Å². The number of nitrogens with zero attached hydrogens (tertiary/aromatic N) is 1. The van der Waals surface area contributed by atoms with Gasteiger partial charge in [0.2, 0.25) is 5.78 Å². The van der Waals surface area contributed by atoms with E-state index in [2.05, 4.69) is 4.98 Å². The largest absolute Gasteiger partial charge is 0.497 e. The van der Waals surface area contributed by atoms with Gasteiger partial charge in [-0.15, -0.1) is 0 Å². The van der Waals surface area contributed by atoms with E-state index < -0.39 is 5.97 Å². The van der Waals surface area contributed by atoms with E-state index in [0.717, 1.165) is 0 Å². The van der Waals surface area contributed by atoms with Crippen molar-refractivity contribution in [1.29, 1.82) is 0 Å². The highest BCUT2D eigenvalue weighted by Gasteiger charge is 2.16. The molecule has 0 atom stereocenters. The van der Waals surface area contributed by atoms with Crippen molar-refractivity contribution in [3.63, 3.8) is 0 Å². The molecular weight excluding hydrogens is 286 g/mol. The molecular formula is C16H15NO5. The van der Waals surface area contributed by atoms with Crippen molar-refractivity contribution in [3.8, 4) is 11.5 Å². The SMILES string of the molecule is COc1ccc(OC)c(C(=O)COC(=O)c2ccncc2)c1. The second-order valence-corrected chi connectivity index (χ2v) is 4.30. The molecule has 6 nitrogen and oxygen atoms in total. The number of carbonyl (C=O) groups is 2. The van der Waals surface area contributed by atoms with E-state index in [0.29, 0.717) is 22.6 Å². The molecule has 0 aliphatic carbocycles. The highest BCUT2D eigenvalue weighted by molar-refractivity contribution is 6.01. The van der Waals surface area contributed by atoms with E-state index in [1.165, 1.54) is 38.7 Å². The molecule has 2 rings (SSSR count). The maximum Gasteiger partial charge on any atom is 0.338 e. The molecule has 0 fully saturated rings. The number of ketones is 1. The smallest absolute Gasteiger partial charge is 0.338 e. The third kappa shape index (κ3) is 3.60. The highest BCUT2D eigenvalue weighted by atomic mass is 16.5. The van der Waals surface area contributed by atoms with Crippen LogP contribution in [0.4, 0.5) is 0 Å². The molecule has 2 aromatic rings. The Labute approximate surface area is 127 Å². The zero-order valence-corrected chi connectivity index (χ0v) is 12.2. The zero-order valence-electron chi connectivity index (χ0n) is 12.2. The van der Waals surface area contributed by atoms with Gasteiger partial charge in [-0.2, -0.15) is 0 Å². The summed E-state index contributed by atoms with van der Waals surface area (Å²) in [5.74, 6) is -0.0499. The molecule has 1 aromatic heterocycles. The van der Waals surface area contributed by atoms with Crippen LogP contribution in [0.1, 0.15) is 20.7 Å². The molecule has 0 N–H and O–H groups in total. The maximum absolute atomic E-state index is 12.2. The van der Waals surface area contributed by atoms with Gasteiger partial charge in [0.25, 0.3) is 0 Å². The minimum atomic E-state index is -0.586. The fourth-order valence-electron chi connectivity index (χ4n) is 1.81. The molecule has 0 unspecified atom stereocenters. The molecule has 1 aromatic carbocycles. The van der Waals surface area contributed by atoms with Crippen LogP contribution in [0.15, 0.2) is 42.7 Å². The molecule has 6 heteroatoms. The summed E-state index contributed by atoms with van der Waals surface area (Å²) in [6.45, 7) is -0.384. The van der Waals surface area contributed by atoms with Crippen molar-refractivity contribution < 1.29 is 23.8 Å². The Hall–Kier alpha value is -2.89. The first kappa shape index (κ1) is 15.5. The molecule has 0 spiro atoms. The average molecular weight is 301 g/mol. The number of aromatic nitrogens is 1. The van der Waals surface area contributed by atoms with Crippen molar-refractivity contribution in [2.45, 2.75) is 0 Å². The van der Waals surface area contributed by atoms with Crippen molar-refractivity contribution >= 4 is 11.8 Å². The van der Waals surface area contributed by atoms with Crippen LogP contribution in [0.25, 0.3) is 0 Å². The Balaban J connectivity index is 2.08. The van der Waals surface area contributed by atoms with Gasteiger partial charge in [-0.3, -0.25) is 9.78 Å². The Bertz CT molecular complexity index is 669. The van der Waals surface area contributed by atoms with Crippen LogP contribution in [0.3, 0.4) is 0 Å². The summed E-state index contributed by atoms with van der Waals surface area (Å²) >= 11 is 0. The van der Waals surface area contributed by atoms with Gasteiger partial charge < -0.3 is 14.2 Å². The van der Waals surface area contributed by atoms with E-state index >= 15 is 0 Å². The molecule has 0 radical (unpaired) electrons. The summed E-state index contributed by atoms with van der Waals surface area (Å²) in [7, 11) is 2.96. The summed E-state index contributed by atoms with van der Waals surface area (Å²) in [6, 6.07) is 7.87. The molecule has 0 amide bonds. The Morgan fingerprint density at radius 1 is 1.05 bits per heavy atom. The number of rotatable bonds is 6. The molecule has 0 saturated heterocycles. The number of hydrogen-bond donors (Lipinski definition) is 0. The Kier molecular flexibility index (Phi) is 5.08. The number of hydrogen-bond acceptors (Lipinski definition) is 6. The summed E-state index contributed by atoms with van der Waals surface area (Å²) < 4.78 is 15.2. The van der Waals surface area contributed by atoms with Gasteiger partial charge in [-0.1, -0.05) is 0 Å². The van der Waals surface area contributed by atoms with Gasteiger partial charge in [-0.25, -0.2) is 4.79 Å². The average Bonchev–Trinajstić information content (AvgIpc) is 2.59. The van der Waals surface area contributed by atoms with Crippen LogP contribution in [-0.2, 0) is 4.74 Å². The monoisotopic (exact) mass is 301 g/mol. The first-order valence-corrected chi connectivity index (χ1v) is 6.48. The minimum absolute atomic E-state index is 0.296. The fourth-order valence-corrected chi connectivity index (χ4v) is 1.81. The highest BCUT2D eigenvalue weighted by Crippen LogP contribution is 2.24. The summed E-state index contributed by atoms with van der Waals surface area (Å²) in [5, 5.41) is 0. The third-order valence-corrected chi connectivity index (χ3v) is 2.96. The second-order valence-electron chi connectivity index (χ2n) is 4.30. The van der Waals surface area contributed by atoms with E-state index in [1.807, 2.05) is 0 Å². The molecule has 0 aliphatic rings. The van der Waals surface area contributed by atoms with E-state index in [1.54, 1.807) is 18.2 Å². The Morgan fingerprint density at radius 2 is 1.77 bits per heavy atom. The van der Waals surface area contributed by atoms with Crippen molar-refractivity contribution in [2.24, 2.45) is 0 Å². The van der Waals surface area contributed by atoms with Gasteiger partial charge in [0.05, 0.1) is 25.3 Å². The van der Waals surface area contributed by atoms with Gasteiger partial charge >= 0.3 is 5.97 Å². The lowest BCUT2D eigenvalue weighted by molar-refractivity contribution is 0.0474. The van der Waals surface area contributed by atoms with Crippen molar-refractivity contribution in [1.82, 2.24) is 4.98 Å². The number of ether oxygens (including phenoxy) is 3. The fraction of sp³-hybridized carbons (Fsp3) is 0.188. The first-order chi connectivity index (χ1) is 10.7. The predicted molar refractivity (Wildman–Crippen MR) is 78.4 cm³/mol. The lowest BCUT2D eigenvalue weighted by atomic mass is 10.1. The number of carbonyl (C=O) groups excluding carboxylic acids is 2. The number of methoxy groups -OCH3 is 2. The lowest BCUT2D eigenvalue weighted by Gasteiger charge is -2.10. The standard InChI is InChI=1S/C16H15NO5/c1-20-12-3-4-15(21-2)13(9-12)14(18)10-22-16(19)11-5-7-17-8-6-11/h3-9H,10H2,1-2H3. The minimum Gasteiger partial charge on any atom is -0.497 e. The molecule has 0 aliphatic heterocycles. The number of benzene rings is 1. The summed E-state index contributed by atoms with van der Waals surface area (Å²) in [6.07, 6.45) is 2.95. The van der Waals surface area contributed by atoms with Crippen molar-refractivity contribution in [3.05, 3.63) is 53.9 Å². The molecule has 0 bridgehead atoms. The second kappa shape index (κ2) is 7.21. The van der Waals surface area contributed by atoms with Crippen LogP contribution in [0, 0.1) is 0 Å². The molecule has 22 heavy (non-hydrogen) atoms. The molecule has 0 saturated carbocycles. The van der Waals surface area contributed by atoms with Crippen molar-refractivity contribution in [2.75, 3.05) is 20.8 Å². The van der Waals surface area contributed by atoms with Crippen LogP contribution in [-0.4, -0.2) is 37.6 Å². The third-order valence-electron chi connectivity index (χ3n) is 2.96. The summed E-state index contributed by atoms with van der Waals surface area (Å²) in [4.78, 5) is 27.8. The lowest BCUT2D eigenvalue weighted by Crippen LogP contribution is -2.15. The van der Waals surface area contributed by atoms with Crippen LogP contribution in [0.5, 0.6) is 11.5 Å². The molecule has 1 heterocycles. The molecule has 114 valence electrons. The van der Waals surface area contributed by atoms with Gasteiger partial charge in [0.1, 0.15) is 11.5 Å². The normalized spacial score (nSPS) is 9.91. The number of pyridine rings is 1. The predicted octanol–water partition coefficient (Wildman–Crippen LogP) is 2.14. The quantitative estimate of drug-likeness (QED) is 0.601. The zero-order chi connectivity index (χ0) is 15.9. The van der Waals surface area contributed by atoms with Gasteiger partial charge in [-0.05, 0) is 30.3 Å². The van der Waals surface area contributed by atoms with Crippen LogP contribution in [0.2, 0.25) is 0 Å². The van der Waals surface area contributed by atoms with E-state index in [4.69, 9.17) is 14.2 Å². The topological polar surface area (TPSA) is 74.7 Å². The Morgan fingerprint density at radius 3 is 2.41 bits per heavy atom. The van der Waals surface area contributed by atoms with Crippen LogP contribution >= 0.6 is 0 Å². The number of esters is 1. The van der Waals surface area contributed by atoms with Gasteiger partial charge in [0, 0.05) is 12.4 Å². The van der Waals surface area contributed by atoms with E-state index in [9.17, 15) is 9.59 Å². The maximum atomic E-state index is 12.2.